The number of carbonyl (C=O) groups is 2. The summed E-state index contributed by atoms with van der Waals surface area (Å²) in [7, 11) is 0. The number of piperazine rings is 1. The van der Waals surface area contributed by atoms with Crippen LogP contribution in [0.5, 0.6) is 0 Å². The zero-order valence-corrected chi connectivity index (χ0v) is 15.8. The summed E-state index contributed by atoms with van der Waals surface area (Å²) in [5.41, 5.74) is 0. The number of anilines is 1. The number of likely N-dealkylation sites (tertiary alicyclic amines) is 1. The van der Waals surface area contributed by atoms with Crippen molar-refractivity contribution in [3.05, 3.63) is 24.4 Å². The fourth-order valence-electron chi connectivity index (χ4n) is 4.28. The lowest BCUT2D eigenvalue weighted by Crippen LogP contribution is -2.52. The zero-order chi connectivity index (χ0) is 18.6. The van der Waals surface area contributed by atoms with Crippen LogP contribution in [0.2, 0.25) is 0 Å². The van der Waals surface area contributed by atoms with Crippen LogP contribution in [0.15, 0.2) is 24.4 Å². The van der Waals surface area contributed by atoms with E-state index in [4.69, 9.17) is 4.74 Å². The van der Waals surface area contributed by atoms with Gasteiger partial charge in [-0.25, -0.2) is 4.98 Å². The number of pyridine rings is 1. The average Bonchev–Trinajstić information content (AvgIpc) is 3.28. The number of ether oxygens (including phenoxy) is 1. The van der Waals surface area contributed by atoms with E-state index in [1.165, 1.54) is 0 Å². The molecule has 0 radical (unpaired) electrons. The van der Waals surface area contributed by atoms with Crippen molar-refractivity contribution in [3.8, 4) is 0 Å². The molecule has 3 aliphatic heterocycles. The molecule has 1 aromatic rings. The Hall–Kier alpha value is -2.15. The smallest absolute Gasteiger partial charge is 0.251 e. The minimum Gasteiger partial charge on any atom is -0.368 e. The summed E-state index contributed by atoms with van der Waals surface area (Å²) >= 11 is 0. The van der Waals surface area contributed by atoms with Crippen molar-refractivity contribution in [2.24, 2.45) is 5.92 Å². The number of rotatable bonds is 3. The van der Waals surface area contributed by atoms with Gasteiger partial charge in [0.25, 0.3) is 5.91 Å². The summed E-state index contributed by atoms with van der Waals surface area (Å²) in [6, 6.07) is 5.92. The van der Waals surface area contributed by atoms with Crippen LogP contribution < -0.4 is 4.90 Å². The van der Waals surface area contributed by atoms with E-state index in [9.17, 15) is 9.59 Å². The quantitative estimate of drug-likeness (QED) is 0.796. The molecule has 2 amide bonds. The molecule has 0 aromatic carbocycles. The van der Waals surface area contributed by atoms with E-state index in [2.05, 4.69) is 9.88 Å². The number of piperidine rings is 1. The minimum atomic E-state index is -0.253. The first-order chi connectivity index (χ1) is 13.2. The molecule has 3 saturated heterocycles. The molecule has 3 aliphatic rings. The van der Waals surface area contributed by atoms with Gasteiger partial charge in [-0.05, 0) is 37.8 Å². The Morgan fingerprint density at radius 3 is 2.30 bits per heavy atom. The Bertz CT molecular complexity index is 646. The van der Waals surface area contributed by atoms with Crippen molar-refractivity contribution in [1.29, 1.82) is 0 Å². The summed E-state index contributed by atoms with van der Waals surface area (Å²) in [6.45, 7) is 5.15. The van der Waals surface area contributed by atoms with Gasteiger partial charge in [-0.3, -0.25) is 9.59 Å². The van der Waals surface area contributed by atoms with Crippen LogP contribution in [0, 0.1) is 5.92 Å². The second-order valence-corrected chi connectivity index (χ2v) is 7.60. The summed E-state index contributed by atoms with van der Waals surface area (Å²) in [5.74, 6) is 1.38. The predicted octanol–water partition coefficient (Wildman–Crippen LogP) is 1.15. The maximum atomic E-state index is 12.9. The van der Waals surface area contributed by atoms with Gasteiger partial charge in [-0.15, -0.1) is 0 Å². The highest BCUT2D eigenvalue weighted by atomic mass is 16.5. The highest BCUT2D eigenvalue weighted by molar-refractivity contribution is 5.82. The van der Waals surface area contributed by atoms with Gasteiger partial charge in [0.05, 0.1) is 0 Å². The van der Waals surface area contributed by atoms with E-state index < -0.39 is 0 Å². The fraction of sp³-hybridized carbons (Fsp3) is 0.650. The topological polar surface area (TPSA) is 66.0 Å². The standard InChI is InChI=1S/C20H28N4O3/c25-19(24-13-11-22(12-14-24)18-5-1-2-8-21-18)16-6-9-23(10-7-16)20(26)17-4-3-15-27-17/h1-2,5,8,16-17H,3-4,6-7,9-15H2. The SMILES string of the molecule is O=C(C1CCN(C(=O)C2CCCO2)CC1)N1CCN(c2ccccn2)CC1. The molecule has 146 valence electrons. The van der Waals surface area contributed by atoms with Gasteiger partial charge < -0.3 is 19.4 Å². The number of carbonyl (C=O) groups excluding carboxylic acids is 2. The molecular weight excluding hydrogens is 344 g/mol. The van der Waals surface area contributed by atoms with E-state index in [1.807, 2.05) is 28.0 Å². The van der Waals surface area contributed by atoms with Crippen LogP contribution in [0.25, 0.3) is 0 Å². The lowest BCUT2D eigenvalue weighted by atomic mass is 9.94. The molecule has 0 saturated carbocycles. The van der Waals surface area contributed by atoms with Gasteiger partial charge in [-0.1, -0.05) is 6.07 Å². The van der Waals surface area contributed by atoms with Gasteiger partial charge in [-0.2, -0.15) is 0 Å². The molecule has 0 aliphatic carbocycles. The highest BCUT2D eigenvalue weighted by Crippen LogP contribution is 2.24. The molecule has 4 rings (SSSR count). The van der Waals surface area contributed by atoms with E-state index in [0.29, 0.717) is 19.7 Å². The van der Waals surface area contributed by atoms with Crippen molar-refractivity contribution in [3.63, 3.8) is 0 Å². The van der Waals surface area contributed by atoms with Crippen LogP contribution >= 0.6 is 0 Å². The van der Waals surface area contributed by atoms with Crippen molar-refractivity contribution < 1.29 is 14.3 Å². The molecule has 0 spiro atoms. The van der Waals surface area contributed by atoms with Crippen molar-refractivity contribution in [2.75, 3.05) is 50.8 Å². The third kappa shape index (κ3) is 4.08. The first kappa shape index (κ1) is 18.2. The molecule has 3 fully saturated rings. The Morgan fingerprint density at radius 1 is 0.926 bits per heavy atom. The normalized spacial score (nSPS) is 24.3. The third-order valence-electron chi connectivity index (χ3n) is 5.93. The number of hydrogen-bond donors (Lipinski definition) is 0. The highest BCUT2D eigenvalue weighted by Gasteiger charge is 2.34. The van der Waals surface area contributed by atoms with Crippen LogP contribution in [0.1, 0.15) is 25.7 Å². The number of amides is 2. The first-order valence-electron chi connectivity index (χ1n) is 10.1. The molecule has 0 N–H and O–H groups in total. The molecular formula is C20H28N4O3. The van der Waals surface area contributed by atoms with Crippen LogP contribution in [-0.2, 0) is 14.3 Å². The molecule has 7 heteroatoms. The molecule has 1 aromatic heterocycles. The summed E-state index contributed by atoms with van der Waals surface area (Å²) in [5, 5.41) is 0. The summed E-state index contributed by atoms with van der Waals surface area (Å²) in [4.78, 5) is 35.8. The Labute approximate surface area is 160 Å². The summed E-state index contributed by atoms with van der Waals surface area (Å²) < 4.78 is 5.51. The Morgan fingerprint density at radius 2 is 1.67 bits per heavy atom. The average molecular weight is 372 g/mol. The van der Waals surface area contributed by atoms with Gasteiger partial charge >= 0.3 is 0 Å². The van der Waals surface area contributed by atoms with E-state index in [-0.39, 0.29) is 23.8 Å². The van der Waals surface area contributed by atoms with E-state index in [0.717, 1.165) is 57.7 Å². The van der Waals surface area contributed by atoms with Crippen LogP contribution in [0.3, 0.4) is 0 Å². The van der Waals surface area contributed by atoms with E-state index in [1.54, 1.807) is 6.20 Å². The van der Waals surface area contributed by atoms with Crippen molar-refractivity contribution >= 4 is 17.6 Å². The van der Waals surface area contributed by atoms with Crippen LogP contribution in [0.4, 0.5) is 5.82 Å². The number of hydrogen-bond acceptors (Lipinski definition) is 5. The Balaban J connectivity index is 1.24. The van der Waals surface area contributed by atoms with Crippen LogP contribution in [-0.4, -0.2) is 78.6 Å². The lowest BCUT2D eigenvalue weighted by molar-refractivity contribution is -0.146. The second-order valence-electron chi connectivity index (χ2n) is 7.60. The number of nitrogens with zero attached hydrogens (tertiary/aromatic N) is 4. The van der Waals surface area contributed by atoms with Gasteiger partial charge in [0, 0.05) is 58.0 Å². The second kappa shape index (κ2) is 8.25. The van der Waals surface area contributed by atoms with Crippen molar-refractivity contribution in [2.45, 2.75) is 31.8 Å². The predicted molar refractivity (Wildman–Crippen MR) is 101 cm³/mol. The molecule has 7 nitrogen and oxygen atoms in total. The molecule has 27 heavy (non-hydrogen) atoms. The number of aromatic nitrogens is 1. The fourth-order valence-corrected chi connectivity index (χ4v) is 4.28. The molecule has 1 atom stereocenters. The minimum absolute atomic E-state index is 0.0416. The molecule has 1 unspecified atom stereocenters. The zero-order valence-electron chi connectivity index (χ0n) is 15.8. The third-order valence-corrected chi connectivity index (χ3v) is 5.93. The molecule has 0 bridgehead atoms. The maximum Gasteiger partial charge on any atom is 0.251 e. The molecule has 4 heterocycles. The van der Waals surface area contributed by atoms with Gasteiger partial charge in [0.2, 0.25) is 5.91 Å². The largest absolute Gasteiger partial charge is 0.368 e. The summed E-state index contributed by atoms with van der Waals surface area (Å²) in [6.07, 6.45) is 4.87. The van der Waals surface area contributed by atoms with Gasteiger partial charge in [0.15, 0.2) is 0 Å². The van der Waals surface area contributed by atoms with Crippen molar-refractivity contribution in [1.82, 2.24) is 14.8 Å². The lowest BCUT2D eigenvalue weighted by Gasteiger charge is -2.39. The maximum absolute atomic E-state index is 12.9. The van der Waals surface area contributed by atoms with Gasteiger partial charge in [0.1, 0.15) is 11.9 Å². The van der Waals surface area contributed by atoms with E-state index >= 15 is 0 Å². The first-order valence-corrected chi connectivity index (χ1v) is 10.1. The monoisotopic (exact) mass is 372 g/mol. The Kier molecular flexibility index (Phi) is 5.57.